The van der Waals surface area contributed by atoms with Crippen molar-refractivity contribution < 1.29 is 0 Å². The molecule has 0 spiro atoms. The first kappa shape index (κ1) is 9.36. The lowest BCUT2D eigenvalue weighted by Crippen LogP contribution is -2.11. The minimum atomic E-state index is 0.816. The number of thiazole rings is 1. The van der Waals surface area contributed by atoms with Gasteiger partial charge in [0.15, 0.2) is 0 Å². The summed E-state index contributed by atoms with van der Waals surface area (Å²) in [5.41, 5.74) is 1.10. The predicted octanol–water partition coefficient (Wildman–Crippen LogP) is 1.46. The number of rotatable bonds is 4. The van der Waals surface area contributed by atoms with E-state index in [4.69, 9.17) is 0 Å². The van der Waals surface area contributed by atoms with Gasteiger partial charge in [-0.25, -0.2) is 9.97 Å². The van der Waals surface area contributed by atoms with Crippen molar-refractivity contribution in [3.63, 3.8) is 0 Å². The molecular formula is C9H12N4S. The van der Waals surface area contributed by atoms with Gasteiger partial charge in [0.2, 0.25) is 0 Å². The van der Waals surface area contributed by atoms with E-state index in [0.29, 0.717) is 0 Å². The van der Waals surface area contributed by atoms with Crippen LogP contribution in [0.2, 0.25) is 0 Å². The lowest BCUT2D eigenvalue weighted by Gasteiger charge is -1.99. The zero-order valence-electron chi connectivity index (χ0n) is 7.95. The second-order valence-corrected chi connectivity index (χ2v) is 4.35. The standard InChI is InChI=1S/C9H12N4S/c1-7-12-5-9(14-7)4-10-2-8-3-11-6-13-8/h3,5-6,10H,2,4H2,1H3,(H,11,13). The zero-order valence-corrected chi connectivity index (χ0v) is 8.77. The highest BCUT2D eigenvalue weighted by Crippen LogP contribution is 2.10. The lowest BCUT2D eigenvalue weighted by atomic mass is 10.4. The van der Waals surface area contributed by atoms with Crippen LogP contribution in [0, 0.1) is 6.92 Å². The fourth-order valence-corrected chi connectivity index (χ4v) is 1.95. The molecule has 0 fully saturated rings. The van der Waals surface area contributed by atoms with Crippen LogP contribution in [-0.4, -0.2) is 15.0 Å². The SMILES string of the molecule is Cc1ncc(CNCc2cnc[nH]2)s1. The van der Waals surface area contributed by atoms with Crippen molar-refractivity contribution in [1.29, 1.82) is 0 Å². The Labute approximate surface area is 86.4 Å². The van der Waals surface area contributed by atoms with E-state index in [1.807, 2.05) is 19.3 Å². The Morgan fingerprint density at radius 3 is 3.00 bits per heavy atom. The third-order valence-electron chi connectivity index (χ3n) is 1.84. The van der Waals surface area contributed by atoms with Gasteiger partial charge in [0.1, 0.15) is 0 Å². The number of imidazole rings is 1. The van der Waals surface area contributed by atoms with Gasteiger partial charge in [-0.1, -0.05) is 0 Å². The summed E-state index contributed by atoms with van der Waals surface area (Å²) < 4.78 is 0. The number of aryl methyl sites for hydroxylation is 1. The molecule has 2 rings (SSSR count). The molecule has 74 valence electrons. The molecule has 5 heteroatoms. The van der Waals surface area contributed by atoms with Crippen LogP contribution in [0.3, 0.4) is 0 Å². The summed E-state index contributed by atoms with van der Waals surface area (Å²) in [4.78, 5) is 12.4. The van der Waals surface area contributed by atoms with E-state index in [1.165, 1.54) is 4.88 Å². The Balaban J connectivity index is 1.78. The maximum atomic E-state index is 4.19. The second kappa shape index (κ2) is 4.34. The molecule has 0 saturated heterocycles. The number of aromatic amines is 1. The Morgan fingerprint density at radius 2 is 2.36 bits per heavy atom. The fourth-order valence-electron chi connectivity index (χ4n) is 1.19. The van der Waals surface area contributed by atoms with E-state index in [-0.39, 0.29) is 0 Å². The van der Waals surface area contributed by atoms with Crippen LogP contribution < -0.4 is 5.32 Å². The number of H-pyrrole nitrogens is 1. The molecule has 2 aromatic heterocycles. The molecule has 0 aliphatic heterocycles. The van der Waals surface area contributed by atoms with Crippen LogP contribution in [0.1, 0.15) is 15.6 Å². The van der Waals surface area contributed by atoms with Gasteiger partial charge in [-0.2, -0.15) is 0 Å². The van der Waals surface area contributed by atoms with Gasteiger partial charge in [-0.3, -0.25) is 0 Å². The second-order valence-electron chi connectivity index (χ2n) is 3.03. The number of hydrogen-bond donors (Lipinski definition) is 2. The van der Waals surface area contributed by atoms with Crippen LogP contribution in [-0.2, 0) is 13.1 Å². The number of aromatic nitrogens is 3. The molecule has 14 heavy (non-hydrogen) atoms. The van der Waals surface area contributed by atoms with E-state index in [1.54, 1.807) is 17.7 Å². The molecule has 4 nitrogen and oxygen atoms in total. The van der Waals surface area contributed by atoms with E-state index in [9.17, 15) is 0 Å². The molecular weight excluding hydrogens is 196 g/mol. The summed E-state index contributed by atoms with van der Waals surface area (Å²) in [6.07, 6.45) is 5.43. The van der Waals surface area contributed by atoms with Crippen molar-refractivity contribution >= 4 is 11.3 Å². The van der Waals surface area contributed by atoms with Gasteiger partial charge >= 0.3 is 0 Å². The summed E-state index contributed by atoms with van der Waals surface area (Å²) in [7, 11) is 0. The monoisotopic (exact) mass is 208 g/mol. The van der Waals surface area contributed by atoms with Gasteiger partial charge in [-0.15, -0.1) is 11.3 Å². The molecule has 0 unspecified atom stereocenters. The maximum absolute atomic E-state index is 4.19. The minimum Gasteiger partial charge on any atom is -0.347 e. The zero-order chi connectivity index (χ0) is 9.80. The Bertz CT molecular complexity index is 379. The van der Waals surface area contributed by atoms with Gasteiger partial charge in [0.05, 0.1) is 11.3 Å². The van der Waals surface area contributed by atoms with Crippen molar-refractivity contribution in [3.05, 3.63) is 34.3 Å². The topological polar surface area (TPSA) is 53.6 Å². The Hall–Kier alpha value is -1.20. The Kier molecular flexibility index (Phi) is 2.90. The maximum Gasteiger partial charge on any atom is 0.0922 e. The van der Waals surface area contributed by atoms with Crippen molar-refractivity contribution in [2.24, 2.45) is 0 Å². The molecule has 0 aliphatic carbocycles. The van der Waals surface area contributed by atoms with Gasteiger partial charge in [0.25, 0.3) is 0 Å². The van der Waals surface area contributed by atoms with Gasteiger partial charge in [-0.05, 0) is 6.92 Å². The third-order valence-corrected chi connectivity index (χ3v) is 2.75. The van der Waals surface area contributed by atoms with Crippen LogP contribution in [0.25, 0.3) is 0 Å². The van der Waals surface area contributed by atoms with Crippen molar-refractivity contribution in [2.75, 3.05) is 0 Å². The largest absolute Gasteiger partial charge is 0.347 e. The summed E-state index contributed by atoms with van der Waals surface area (Å²) in [6.45, 7) is 3.70. The fraction of sp³-hybridized carbons (Fsp3) is 0.333. The number of nitrogens with one attached hydrogen (secondary N) is 2. The first-order valence-electron chi connectivity index (χ1n) is 4.44. The molecule has 0 aliphatic rings. The molecule has 2 N–H and O–H groups in total. The number of nitrogens with zero attached hydrogens (tertiary/aromatic N) is 2. The molecule has 0 atom stereocenters. The predicted molar refractivity (Wildman–Crippen MR) is 56.0 cm³/mol. The van der Waals surface area contributed by atoms with E-state index < -0.39 is 0 Å². The van der Waals surface area contributed by atoms with E-state index >= 15 is 0 Å². The summed E-state index contributed by atoms with van der Waals surface area (Å²) in [5, 5.41) is 4.43. The summed E-state index contributed by atoms with van der Waals surface area (Å²) >= 11 is 1.73. The van der Waals surface area contributed by atoms with Gasteiger partial charge in [0, 0.05) is 36.1 Å². The average molecular weight is 208 g/mol. The van der Waals surface area contributed by atoms with Crippen LogP contribution >= 0.6 is 11.3 Å². The van der Waals surface area contributed by atoms with Crippen LogP contribution in [0.5, 0.6) is 0 Å². The lowest BCUT2D eigenvalue weighted by molar-refractivity contribution is 0.688. The molecule has 2 aromatic rings. The molecule has 2 heterocycles. The van der Waals surface area contributed by atoms with Crippen LogP contribution in [0.15, 0.2) is 18.7 Å². The third kappa shape index (κ3) is 2.40. The van der Waals surface area contributed by atoms with Gasteiger partial charge < -0.3 is 10.3 Å². The highest BCUT2D eigenvalue weighted by molar-refractivity contribution is 7.11. The molecule has 0 radical (unpaired) electrons. The van der Waals surface area contributed by atoms with Crippen molar-refractivity contribution in [2.45, 2.75) is 20.0 Å². The average Bonchev–Trinajstić information content (AvgIpc) is 2.77. The van der Waals surface area contributed by atoms with E-state index in [0.717, 1.165) is 23.8 Å². The van der Waals surface area contributed by atoms with E-state index in [2.05, 4.69) is 20.3 Å². The molecule has 0 saturated carbocycles. The highest BCUT2D eigenvalue weighted by Gasteiger charge is 1.97. The van der Waals surface area contributed by atoms with Crippen molar-refractivity contribution in [3.8, 4) is 0 Å². The summed E-state index contributed by atoms with van der Waals surface area (Å²) in [6, 6.07) is 0. The highest BCUT2D eigenvalue weighted by atomic mass is 32.1. The Morgan fingerprint density at radius 1 is 1.43 bits per heavy atom. The summed E-state index contributed by atoms with van der Waals surface area (Å²) in [5.74, 6) is 0. The molecule has 0 aromatic carbocycles. The quantitative estimate of drug-likeness (QED) is 0.800. The molecule has 0 bridgehead atoms. The first-order valence-corrected chi connectivity index (χ1v) is 5.25. The normalized spacial score (nSPS) is 10.6. The van der Waals surface area contributed by atoms with Crippen LogP contribution in [0.4, 0.5) is 0 Å². The minimum absolute atomic E-state index is 0.816. The van der Waals surface area contributed by atoms with Crippen molar-refractivity contribution in [1.82, 2.24) is 20.3 Å². The smallest absolute Gasteiger partial charge is 0.0922 e. The first-order chi connectivity index (χ1) is 6.84. The molecule has 0 amide bonds. The number of hydrogen-bond acceptors (Lipinski definition) is 4.